The quantitative estimate of drug-likeness (QED) is 0.545. The van der Waals surface area contributed by atoms with Crippen LogP contribution < -0.4 is 10.1 Å². The fourth-order valence-corrected chi connectivity index (χ4v) is 3.86. The lowest BCUT2D eigenvalue weighted by atomic mass is 10.0. The Morgan fingerprint density at radius 1 is 1.08 bits per heavy atom. The van der Waals surface area contributed by atoms with Gasteiger partial charge < -0.3 is 15.0 Å². The summed E-state index contributed by atoms with van der Waals surface area (Å²) < 4.78 is 5.67. The van der Waals surface area contributed by atoms with Crippen LogP contribution in [0.25, 0.3) is 0 Å². The van der Waals surface area contributed by atoms with Gasteiger partial charge >= 0.3 is 0 Å². The van der Waals surface area contributed by atoms with Gasteiger partial charge in [0.1, 0.15) is 5.75 Å². The highest BCUT2D eigenvalue weighted by Gasteiger charge is 2.37. The molecule has 142 valence electrons. The van der Waals surface area contributed by atoms with Gasteiger partial charge in [-0.25, -0.2) is 0 Å². The normalized spacial score (nSPS) is 21.7. The smallest absolute Gasteiger partial charge is 0.223 e. The highest BCUT2D eigenvalue weighted by Crippen LogP contribution is 2.27. The average molecular weight is 358 g/mol. The van der Waals surface area contributed by atoms with Crippen LogP contribution in [0.5, 0.6) is 5.75 Å². The van der Waals surface area contributed by atoms with Crippen molar-refractivity contribution in [3.05, 3.63) is 29.8 Å². The Morgan fingerprint density at radius 3 is 2.42 bits per heavy atom. The van der Waals surface area contributed by atoms with Crippen LogP contribution in [-0.4, -0.2) is 49.4 Å². The highest BCUT2D eigenvalue weighted by molar-refractivity contribution is 5.98. The summed E-state index contributed by atoms with van der Waals surface area (Å²) in [5.74, 6) is 2.13. The topological polar surface area (TPSA) is 58.6 Å². The maximum Gasteiger partial charge on any atom is 0.223 e. The van der Waals surface area contributed by atoms with E-state index in [2.05, 4.69) is 12.2 Å². The van der Waals surface area contributed by atoms with Gasteiger partial charge in [-0.15, -0.1) is 0 Å². The third-order valence-electron chi connectivity index (χ3n) is 5.50. The summed E-state index contributed by atoms with van der Waals surface area (Å²) in [6.45, 7) is 6.59. The highest BCUT2D eigenvalue weighted by atomic mass is 16.5. The monoisotopic (exact) mass is 358 g/mol. The molecule has 2 atom stereocenters. The fourth-order valence-electron chi connectivity index (χ4n) is 3.86. The van der Waals surface area contributed by atoms with E-state index < -0.39 is 0 Å². The standard InChI is InChI=1S/C21H30N2O3/c1-2-3-4-11-26-19-7-5-16(6-8-19)20(24)9-10-21(25)23-14-17-12-22-13-18(17)15-23/h5-8,17-18,22H,2-4,9-15H2,1H3/t17-,18+. The summed E-state index contributed by atoms with van der Waals surface area (Å²) in [6.07, 6.45) is 3.97. The minimum atomic E-state index is 0.0249. The summed E-state index contributed by atoms with van der Waals surface area (Å²) in [5, 5.41) is 3.38. The van der Waals surface area contributed by atoms with E-state index in [1.54, 1.807) is 12.1 Å². The molecule has 26 heavy (non-hydrogen) atoms. The van der Waals surface area contributed by atoms with Crippen molar-refractivity contribution in [3.8, 4) is 5.75 Å². The van der Waals surface area contributed by atoms with Crippen LogP contribution in [0.2, 0.25) is 0 Å². The first-order valence-corrected chi connectivity index (χ1v) is 9.92. The summed E-state index contributed by atoms with van der Waals surface area (Å²) >= 11 is 0. The molecule has 1 amide bonds. The summed E-state index contributed by atoms with van der Waals surface area (Å²) in [5.41, 5.74) is 0.654. The molecule has 0 saturated carbocycles. The van der Waals surface area contributed by atoms with E-state index in [4.69, 9.17) is 4.74 Å². The number of nitrogens with zero attached hydrogens (tertiary/aromatic N) is 1. The number of ether oxygens (including phenoxy) is 1. The Morgan fingerprint density at radius 2 is 1.77 bits per heavy atom. The Hall–Kier alpha value is -1.88. The number of ketones is 1. The number of likely N-dealkylation sites (tertiary alicyclic amines) is 1. The van der Waals surface area contributed by atoms with Gasteiger partial charge in [0.2, 0.25) is 5.91 Å². The predicted molar refractivity (Wildman–Crippen MR) is 101 cm³/mol. The SMILES string of the molecule is CCCCCOc1ccc(C(=O)CCC(=O)N2C[C@H]3CNC[C@H]3C2)cc1. The van der Waals surface area contributed by atoms with E-state index in [1.165, 1.54) is 12.8 Å². The number of hydrogen-bond acceptors (Lipinski definition) is 4. The van der Waals surface area contributed by atoms with Gasteiger partial charge in [0, 0.05) is 44.6 Å². The van der Waals surface area contributed by atoms with Crippen LogP contribution in [-0.2, 0) is 4.79 Å². The molecule has 0 bridgehead atoms. The van der Waals surface area contributed by atoms with Gasteiger partial charge in [-0.05, 0) is 42.5 Å². The first kappa shape index (κ1) is 18.9. The third kappa shape index (κ3) is 4.85. The van der Waals surface area contributed by atoms with Crippen molar-refractivity contribution < 1.29 is 14.3 Å². The number of unbranched alkanes of at least 4 members (excludes halogenated alkanes) is 2. The van der Waals surface area contributed by atoms with Crippen molar-refractivity contribution in [2.45, 2.75) is 39.0 Å². The fraction of sp³-hybridized carbons (Fsp3) is 0.619. The molecule has 0 unspecified atom stereocenters. The lowest BCUT2D eigenvalue weighted by Crippen LogP contribution is -2.32. The average Bonchev–Trinajstić information content (AvgIpc) is 3.25. The van der Waals surface area contributed by atoms with Crippen LogP contribution in [0.15, 0.2) is 24.3 Å². The molecule has 2 heterocycles. The van der Waals surface area contributed by atoms with Gasteiger partial charge in [0.15, 0.2) is 5.78 Å². The number of amides is 1. The van der Waals surface area contributed by atoms with E-state index in [0.717, 1.165) is 38.3 Å². The van der Waals surface area contributed by atoms with Crippen LogP contribution in [0.1, 0.15) is 49.4 Å². The van der Waals surface area contributed by atoms with Crippen molar-refractivity contribution >= 4 is 11.7 Å². The molecule has 0 spiro atoms. The molecular formula is C21H30N2O3. The molecule has 1 aromatic carbocycles. The van der Waals surface area contributed by atoms with Crippen molar-refractivity contribution in [2.24, 2.45) is 11.8 Å². The van der Waals surface area contributed by atoms with Crippen LogP contribution in [0.4, 0.5) is 0 Å². The van der Waals surface area contributed by atoms with Crippen LogP contribution >= 0.6 is 0 Å². The van der Waals surface area contributed by atoms with Gasteiger partial charge in [-0.2, -0.15) is 0 Å². The second-order valence-electron chi connectivity index (χ2n) is 7.48. The summed E-state index contributed by atoms with van der Waals surface area (Å²) in [4.78, 5) is 26.7. The molecular weight excluding hydrogens is 328 g/mol. The molecule has 1 N–H and O–H groups in total. The van der Waals surface area contributed by atoms with E-state index in [0.29, 0.717) is 30.4 Å². The van der Waals surface area contributed by atoms with Crippen molar-refractivity contribution in [3.63, 3.8) is 0 Å². The molecule has 0 aliphatic carbocycles. The van der Waals surface area contributed by atoms with Gasteiger partial charge in [-0.3, -0.25) is 9.59 Å². The number of carbonyl (C=O) groups excluding carboxylic acids is 2. The van der Waals surface area contributed by atoms with Crippen LogP contribution in [0.3, 0.4) is 0 Å². The number of carbonyl (C=O) groups is 2. The second kappa shape index (κ2) is 9.17. The molecule has 2 aliphatic heterocycles. The van der Waals surface area contributed by atoms with Crippen molar-refractivity contribution in [2.75, 3.05) is 32.8 Å². The van der Waals surface area contributed by atoms with Crippen LogP contribution in [0, 0.1) is 11.8 Å². The number of nitrogens with one attached hydrogen (secondary N) is 1. The van der Waals surface area contributed by atoms with Crippen molar-refractivity contribution in [1.29, 1.82) is 0 Å². The van der Waals surface area contributed by atoms with E-state index in [9.17, 15) is 9.59 Å². The number of Topliss-reactive ketones (excluding diaryl/α,β-unsaturated/α-hetero) is 1. The largest absolute Gasteiger partial charge is 0.494 e. The number of rotatable bonds is 9. The van der Waals surface area contributed by atoms with Gasteiger partial charge in [-0.1, -0.05) is 19.8 Å². The number of benzene rings is 1. The summed E-state index contributed by atoms with van der Waals surface area (Å²) in [6, 6.07) is 7.28. The maximum absolute atomic E-state index is 12.4. The Labute approximate surface area is 156 Å². The third-order valence-corrected chi connectivity index (χ3v) is 5.50. The summed E-state index contributed by atoms with van der Waals surface area (Å²) in [7, 11) is 0. The number of hydrogen-bond donors (Lipinski definition) is 1. The first-order chi connectivity index (χ1) is 12.7. The zero-order valence-electron chi connectivity index (χ0n) is 15.7. The molecule has 5 nitrogen and oxygen atoms in total. The molecule has 0 aromatic heterocycles. The van der Waals surface area contributed by atoms with Crippen molar-refractivity contribution in [1.82, 2.24) is 10.2 Å². The van der Waals surface area contributed by atoms with Gasteiger partial charge in [0.05, 0.1) is 6.61 Å². The minimum Gasteiger partial charge on any atom is -0.494 e. The molecule has 2 aliphatic rings. The number of fused-ring (bicyclic) bond motifs is 1. The molecule has 5 heteroatoms. The Kier molecular flexibility index (Phi) is 6.67. The lowest BCUT2D eigenvalue weighted by Gasteiger charge is -2.17. The van der Waals surface area contributed by atoms with Gasteiger partial charge in [0.25, 0.3) is 0 Å². The molecule has 0 radical (unpaired) electrons. The Bertz CT molecular complexity index is 602. The minimum absolute atomic E-state index is 0.0249. The maximum atomic E-state index is 12.4. The van der Waals surface area contributed by atoms with E-state index >= 15 is 0 Å². The first-order valence-electron chi connectivity index (χ1n) is 9.92. The molecule has 2 saturated heterocycles. The lowest BCUT2D eigenvalue weighted by molar-refractivity contribution is -0.130. The second-order valence-corrected chi connectivity index (χ2v) is 7.48. The zero-order valence-corrected chi connectivity index (χ0v) is 15.7. The Balaban J connectivity index is 1.41. The predicted octanol–water partition coefficient (Wildman–Crippen LogP) is 2.90. The zero-order chi connectivity index (χ0) is 18.4. The molecule has 3 rings (SSSR count). The van der Waals surface area contributed by atoms with E-state index in [1.807, 2.05) is 17.0 Å². The van der Waals surface area contributed by atoms with E-state index in [-0.39, 0.29) is 18.1 Å². The molecule has 1 aromatic rings. The molecule has 2 fully saturated rings.